The summed E-state index contributed by atoms with van der Waals surface area (Å²) < 4.78 is 38.5. The first-order valence-electron chi connectivity index (χ1n) is 4.43. The molecule has 1 aromatic carbocycles. The van der Waals surface area contributed by atoms with Gasteiger partial charge >= 0.3 is 12.5 Å². The Bertz CT molecular complexity index is 351. The molecule has 0 heterocycles. The van der Waals surface area contributed by atoms with E-state index < -0.39 is 12.5 Å². The first-order chi connectivity index (χ1) is 7.38. The van der Waals surface area contributed by atoms with Crippen molar-refractivity contribution in [3.05, 3.63) is 35.9 Å². The van der Waals surface area contributed by atoms with E-state index in [4.69, 9.17) is 0 Å². The maximum absolute atomic E-state index is 11.7. The SMILES string of the molecule is CN(Cc1ccccc1)C(=O)OC(F)(F)F. The number of rotatable bonds is 2. The number of hydrogen-bond donors (Lipinski definition) is 0. The molecule has 0 bridgehead atoms. The Morgan fingerprint density at radius 2 is 1.88 bits per heavy atom. The topological polar surface area (TPSA) is 29.5 Å². The van der Waals surface area contributed by atoms with Crippen molar-refractivity contribution in [2.45, 2.75) is 12.9 Å². The van der Waals surface area contributed by atoms with E-state index in [2.05, 4.69) is 4.74 Å². The monoisotopic (exact) mass is 233 g/mol. The van der Waals surface area contributed by atoms with Crippen LogP contribution in [-0.4, -0.2) is 24.4 Å². The molecule has 0 unspecified atom stereocenters. The molecule has 1 rings (SSSR count). The highest BCUT2D eigenvalue weighted by molar-refractivity contribution is 5.67. The summed E-state index contributed by atoms with van der Waals surface area (Å²) >= 11 is 0. The number of carbonyl (C=O) groups is 1. The minimum atomic E-state index is -4.94. The number of hydrogen-bond acceptors (Lipinski definition) is 2. The van der Waals surface area contributed by atoms with Crippen LogP contribution in [0, 0.1) is 0 Å². The Morgan fingerprint density at radius 3 is 2.38 bits per heavy atom. The molecule has 0 aromatic heterocycles. The second kappa shape index (κ2) is 4.87. The van der Waals surface area contributed by atoms with Gasteiger partial charge in [-0.15, -0.1) is 13.2 Å². The molecule has 0 atom stereocenters. The molecule has 88 valence electrons. The molecule has 3 nitrogen and oxygen atoms in total. The number of carbonyl (C=O) groups excluding carboxylic acids is 1. The van der Waals surface area contributed by atoms with Crippen LogP contribution in [-0.2, 0) is 11.3 Å². The lowest BCUT2D eigenvalue weighted by Crippen LogP contribution is -2.31. The molecule has 0 fully saturated rings. The van der Waals surface area contributed by atoms with E-state index in [0.717, 1.165) is 10.5 Å². The Labute approximate surface area is 90.4 Å². The molecule has 0 N–H and O–H groups in total. The highest BCUT2D eigenvalue weighted by atomic mass is 19.4. The third kappa shape index (κ3) is 4.20. The Morgan fingerprint density at radius 1 is 1.31 bits per heavy atom. The fraction of sp³-hybridized carbons (Fsp3) is 0.300. The zero-order valence-corrected chi connectivity index (χ0v) is 8.49. The first kappa shape index (κ1) is 12.4. The molecule has 6 heteroatoms. The average Bonchev–Trinajstić information content (AvgIpc) is 2.16. The van der Waals surface area contributed by atoms with Crippen LogP contribution < -0.4 is 0 Å². The molecule has 0 saturated heterocycles. The number of benzene rings is 1. The van der Waals surface area contributed by atoms with Gasteiger partial charge < -0.3 is 9.64 Å². The van der Waals surface area contributed by atoms with Gasteiger partial charge in [-0.1, -0.05) is 30.3 Å². The largest absolute Gasteiger partial charge is 0.576 e. The standard InChI is InChI=1S/C10H10F3NO2/c1-14(9(15)16-10(11,12)13)7-8-5-3-2-4-6-8/h2-6H,7H2,1H3. The molecule has 0 spiro atoms. The van der Waals surface area contributed by atoms with Crippen molar-refractivity contribution in [2.24, 2.45) is 0 Å². The van der Waals surface area contributed by atoms with E-state index >= 15 is 0 Å². The van der Waals surface area contributed by atoms with E-state index in [-0.39, 0.29) is 6.54 Å². The molecule has 1 amide bonds. The van der Waals surface area contributed by atoms with Crippen LogP contribution in [0.3, 0.4) is 0 Å². The zero-order chi connectivity index (χ0) is 12.2. The number of ether oxygens (including phenoxy) is 1. The van der Waals surface area contributed by atoms with Crippen LogP contribution in [0.2, 0.25) is 0 Å². The van der Waals surface area contributed by atoms with Crippen LogP contribution in [0.15, 0.2) is 30.3 Å². The lowest BCUT2D eigenvalue weighted by atomic mass is 10.2. The summed E-state index contributed by atoms with van der Waals surface area (Å²) in [4.78, 5) is 11.8. The third-order valence-electron chi connectivity index (χ3n) is 1.78. The molecular formula is C10H10F3NO2. The predicted octanol–water partition coefficient (Wildman–Crippen LogP) is 2.77. The fourth-order valence-electron chi connectivity index (χ4n) is 1.10. The summed E-state index contributed by atoms with van der Waals surface area (Å²) in [5.74, 6) is 0. The molecule has 1 aromatic rings. The van der Waals surface area contributed by atoms with Gasteiger partial charge in [0.15, 0.2) is 0 Å². The van der Waals surface area contributed by atoms with Gasteiger partial charge in [-0.2, -0.15) is 0 Å². The second-order valence-corrected chi connectivity index (χ2v) is 3.16. The van der Waals surface area contributed by atoms with Gasteiger partial charge in [0.25, 0.3) is 0 Å². The van der Waals surface area contributed by atoms with E-state index in [9.17, 15) is 18.0 Å². The molecule has 16 heavy (non-hydrogen) atoms. The van der Waals surface area contributed by atoms with Gasteiger partial charge in [0.2, 0.25) is 0 Å². The normalized spacial score (nSPS) is 11.0. The predicted molar refractivity (Wildman–Crippen MR) is 50.4 cm³/mol. The number of halogens is 3. The van der Waals surface area contributed by atoms with Gasteiger partial charge in [-0.3, -0.25) is 0 Å². The molecule has 0 saturated carbocycles. The van der Waals surface area contributed by atoms with Crippen molar-refractivity contribution in [2.75, 3.05) is 7.05 Å². The summed E-state index contributed by atoms with van der Waals surface area (Å²) in [6, 6.07) is 8.66. The maximum Gasteiger partial charge on any atom is 0.576 e. The Balaban J connectivity index is 2.53. The highest BCUT2D eigenvalue weighted by Gasteiger charge is 2.35. The average molecular weight is 233 g/mol. The van der Waals surface area contributed by atoms with Crippen molar-refractivity contribution < 1.29 is 22.7 Å². The van der Waals surface area contributed by atoms with Crippen molar-refractivity contribution in [3.63, 3.8) is 0 Å². The van der Waals surface area contributed by atoms with Crippen LogP contribution >= 0.6 is 0 Å². The minimum absolute atomic E-state index is 0.0652. The summed E-state index contributed by atoms with van der Waals surface area (Å²) in [7, 11) is 1.24. The Hall–Kier alpha value is -1.72. The Kier molecular flexibility index (Phi) is 3.76. The summed E-state index contributed by atoms with van der Waals surface area (Å²) in [6.07, 6.45) is -6.36. The molecular weight excluding hydrogens is 223 g/mol. The smallest absolute Gasteiger partial charge is 0.356 e. The molecule has 0 aliphatic rings. The number of nitrogens with zero attached hydrogens (tertiary/aromatic N) is 1. The second-order valence-electron chi connectivity index (χ2n) is 3.16. The highest BCUT2D eigenvalue weighted by Crippen LogP contribution is 2.18. The lowest BCUT2D eigenvalue weighted by Gasteiger charge is -2.17. The maximum atomic E-state index is 11.7. The quantitative estimate of drug-likeness (QED) is 0.786. The summed E-state index contributed by atoms with van der Waals surface area (Å²) in [5.41, 5.74) is 0.726. The zero-order valence-electron chi connectivity index (χ0n) is 8.49. The lowest BCUT2D eigenvalue weighted by molar-refractivity contribution is -0.294. The third-order valence-corrected chi connectivity index (χ3v) is 1.78. The van der Waals surface area contributed by atoms with Crippen LogP contribution in [0.25, 0.3) is 0 Å². The van der Waals surface area contributed by atoms with Gasteiger partial charge in [0.05, 0.1) is 0 Å². The molecule has 0 aliphatic heterocycles. The van der Waals surface area contributed by atoms with Gasteiger partial charge in [0, 0.05) is 13.6 Å². The summed E-state index contributed by atoms with van der Waals surface area (Å²) in [6.45, 7) is 0.0652. The molecule has 0 aliphatic carbocycles. The van der Waals surface area contributed by atoms with Crippen LogP contribution in [0.5, 0.6) is 0 Å². The van der Waals surface area contributed by atoms with Crippen LogP contribution in [0.1, 0.15) is 5.56 Å². The number of amides is 1. The van der Waals surface area contributed by atoms with Crippen molar-refractivity contribution in [3.8, 4) is 0 Å². The van der Waals surface area contributed by atoms with Crippen LogP contribution in [0.4, 0.5) is 18.0 Å². The van der Waals surface area contributed by atoms with E-state index in [0.29, 0.717) is 0 Å². The van der Waals surface area contributed by atoms with Crippen molar-refractivity contribution in [1.29, 1.82) is 0 Å². The van der Waals surface area contributed by atoms with E-state index in [1.165, 1.54) is 7.05 Å². The fourth-order valence-corrected chi connectivity index (χ4v) is 1.10. The van der Waals surface area contributed by atoms with E-state index in [1.54, 1.807) is 30.3 Å². The summed E-state index contributed by atoms with van der Waals surface area (Å²) in [5, 5.41) is 0. The first-order valence-corrected chi connectivity index (χ1v) is 4.43. The van der Waals surface area contributed by atoms with Crippen molar-refractivity contribution >= 4 is 6.09 Å². The minimum Gasteiger partial charge on any atom is -0.356 e. The van der Waals surface area contributed by atoms with E-state index in [1.807, 2.05) is 0 Å². The van der Waals surface area contributed by atoms with Gasteiger partial charge in [0.1, 0.15) is 0 Å². The van der Waals surface area contributed by atoms with Gasteiger partial charge in [-0.05, 0) is 5.56 Å². The van der Waals surface area contributed by atoms with Gasteiger partial charge in [-0.25, -0.2) is 4.79 Å². The van der Waals surface area contributed by atoms with Crippen molar-refractivity contribution in [1.82, 2.24) is 4.90 Å². The molecule has 0 radical (unpaired) electrons. The number of alkyl halides is 3.